The average molecular weight is 489 g/mol. The minimum Gasteiger partial charge on any atom is -0.488 e. The molecule has 3 aromatic rings. The summed E-state index contributed by atoms with van der Waals surface area (Å²) in [5.74, 6) is -2.70. The minimum absolute atomic E-state index is 0.0550. The van der Waals surface area contributed by atoms with Crippen LogP contribution in [0.25, 0.3) is 6.08 Å². The molecule has 0 saturated carbocycles. The Balaban J connectivity index is 1.44. The monoisotopic (exact) mass is 489 g/mol. The Morgan fingerprint density at radius 3 is 2.42 bits per heavy atom. The zero-order valence-corrected chi connectivity index (χ0v) is 18.7. The van der Waals surface area contributed by atoms with Crippen LogP contribution in [0, 0.1) is 5.82 Å². The second-order valence-electron chi connectivity index (χ2n) is 7.74. The SMILES string of the molecule is O=C(CN1C(=O)NC(=Cc2ccccc2OCc2ccc(C(=O)O)cc2)C1=O)Nc1ccccc1F. The van der Waals surface area contributed by atoms with E-state index in [1.54, 1.807) is 36.4 Å². The van der Waals surface area contributed by atoms with E-state index in [4.69, 9.17) is 9.84 Å². The maximum atomic E-state index is 13.8. The fraction of sp³-hybridized carbons (Fsp3) is 0.0769. The lowest BCUT2D eigenvalue weighted by Gasteiger charge is -2.12. The number of nitrogens with one attached hydrogen (secondary N) is 2. The van der Waals surface area contributed by atoms with Gasteiger partial charge in [-0.05, 0) is 42.0 Å². The molecule has 3 aromatic carbocycles. The van der Waals surface area contributed by atoms with Gasteiger partial charge in [-0.2, -0.15) is 0 Å². The van der Waals surface area contributed by atoms with Gasteiger partial charge >= 0.3 is 12.0 Å². The molecule has 1 saturated heterocycles. The van der Waals surface area contributed by atoms with Gasteiger partial charge in [0.1, 0.15) is 30.4 Å². The quantitative estimate of drug-likeness (QED) is 0.328. The van der Waals surface area contributed by atoms with Crippen molar-refractivity contribution in [3.8, 4) is 5.75 Å². The van der Waals surface area contributed by atoms with Crippen molar-refractivity contribution in [3.63, 3.8) is 0 Å². The molecule has 0 aliphatic carbocycles. The van der Waals surface area contributed by atoms with E-state index in [1.807, 2.05) is 0 Å². The second-order valence-corrected chi connectivity index (χ2v) is 7.74. The van der Waals surface area contributed by atoms with Crippen molar-refractivity contribution >= 4 is 35.6 Å². The van der Waals surface area contributed by atoms with Gasteiger partial charge < -0.3 is 20.5 Å². The zero-order chi connectivity index (χ0) is 25.7. The van der Waals surface area contributed by atoms with Crippen LogP contribution in [0.3, 0.4) is 0 Å². The molecule has 4 rings (SSSR count). The Morgan fingerprint density at radius 1 is 1.00 bits per heavy atom. The summed E-state index contributed by atoms with van der Waals surface area (Å²) in [6, 6.07) is 17.8. The number of hydrogen-bond acceptors (Lipinski definition) is 5. The highest BCUT2D eigenvalue weighted by Crippen LogP contribution is 2.24. The van der Waals surface area contributed by atoms with Gasteiger partial charge in [0.15, 0.2) is 0 Å². The number of ether oxygens (including phenoxy) is 1. The molecule has 0 atom stereocenters. The van der Waals surface area contributed by atoms with Crippen molar-refractivity contribution in [2.24, 2.45) is 0 Å². The number of imide groups is 1. The number of para-hydroxylation sites is 2. The minimum atomic E-state index is -1.03. The number of halogens is 1. The van der Waals surface area contributed by atoms with Gasteiger partial charge in [-0.15, -0.1) is 0 Å². The van der Waals surface area contributed by atoms with Gasteiger partial charge in [-0.3, -0.25) is 9.59 Å². The van der Waals surface area contributed by atoms with Crippen LogP contribution in [-0.4, -0.2) is 40.4 Å². The maximum Gasteiger partial charge on any atom is 0.335 e. The molecule has 0 bridgehead atoms. The number of carboxylic acids is 1. The number of amides is 4. The molecule has 1 fully saturated rings. The lowest BCUT2D eigenvalue weighted by molar-refractivity contribution is -0.127. The number of hydrogen-bond donors (Lipinski definition) is 3. The third kappa shape index (κ3) is 5.55. The van der Waals surface area contributed by atoms with Crippen LogP contribution in [-0.2, 0) is 16.2 Å². The molecule has 4 amide bonds. The summed E-state index contributed by atoms with van der Waals surface area (Å²) in [7, 11) is 0. The van der Waals surface area contributed by atoms with E-state index < -0.39 is 36.2 Å². The van der Waals surface area contributed by atoms with Crippen molar-refractivity contribution in [3.05, 3.63) is 101 Å². The lowest BCUT2D eigenvalue weighted by atomic mass is 10.1. The average Bonchev–Trinajstić information content (AvgIpc) is 3.12. The van der Waals surface area contributed by atoms with Gasteiger partial charge in [0.25, 0.3) is 5.91 Å². The molecule has 36 heavy (non-hydrogen) atoms. The number of aromatic carboxylic acids is 1. The highest BCUT2D eigenvalue weighted by molar-refractivity contribution is 6.16. The molecule has 1 heterocycles. The van der Waals surface area contributed by atoms with E-state index in [0.717, 1.165) is 10.5 Å². The first-order chi connectivity index (χ1) is 17.3. The number of nitrogens with zero attached hydrogens (tertiary/aromatic N) is 1. The predicted octanol–water partition coefficient (Wildman–Crippen LogP) is 3.63. The molecule has 10 heteroatoms. The topological polar surface area (TPSA) is 125 Å². The van der Waals surface area contributed by atoms with E-state index in [-0.39, 0.29) is 23.6 Å². The van der Waals surface area contributed by atoms with Gasteiger partial charge in [0.2, 0.25) is 5.91 Å². The first kappa shape index (κ1) is 24.1. The smallest absolute Gasteiger partial charge is 0.335 e. The van der Waals surface area contributed by atoms with Crippen LogP contribution in [0.15, 0.2) is 78.5 Å². The third-order valence-electron chi connectivity index (χ3n) is 5.23. The zero-order valence-electron chi connectivity index (χ0n) is 18.7. The van der Waals surface area contributed by atoms with Crippen LogP contribution in [0.4, 0.5) is 14.9 Å². The second kappa shape index (κ2) is 10.5. The summed E-state index contributed by atoms with van der Waals surface area (Å²) in [6.45, 7) is -0.455. The molecule has 3 N–H and O–H groups in total. The molecule has 9 nitrogen and oxygen atoms in total. The van der Waals surface area contributed by atoms with Gasteiger partial charge in [0, 0.05) is 5.56 Å². The maximum absolute atomic E-state index is 13.8. The summed E-state index contributed by atoms with van der Waals surface area (Å²) >= 11 is 0. The fourth-order valence-electron chi connectivity index (χ4n) is 3.40. The van der Waals surface area contributed by atoms with Crippen molar-refractivity contribution in [1.82, 2.24) is 10.2 Å². The summed E-state index contributed by atoms with van der Waals surface area (Å²) in [5, 5.41) is 13.8. The predicted molar refractivity (Wildman–Crippen MR) is 127 cm³/mol. The molecule has 0 unspecified atom stereocenters. The van der Waals surface area contributed by atoms with Crippen LogP contribution >= 0.6 is 0 Å². The Bertz CT molecular complexity index is 1370. The molecular formula is C26H20FN3O6. The van der Waals surface area contributed by atoms with Crippen molar-refractivity contribution in [2.75, 3.05) is 11.9 Å². The van der Waals surface area contributed by atoms with Crippen molar-refractivity contribution < 1.29 is 33.4 Å². The van der Waals surface area contributed by atoms with Crippen LogP contribution in [0.2, 0.25) is 0 Å². The molecule has 1 aliphatic rings. The Labute approximate surface area is 204 Å². The number of carbonyl (C=O) groups is 4. The van der Waals surface area contributed by atoms with E-state index in [1.165, 1.54) is 42.5 Å². The normalized spacial score (nSPS) is 14.0. The summed E-state index contributed by atoms with van der Waals surface area (Å²) in [4.78, 5) is 49.1. The Hall–Kier alpha value is -4.99. The van der Waals surface area contributed by atoms with Gasteiger partial charge in [-0.25, -0.2) is 18.9 Å². The molecule has 1 aliphatic heterocycles. The number of carbonyl (C=O) groups excluding carboxylic acids is 3. The first-order valence-corrected chi connectivity index (χ1v) is 10.7. The summed E-state index contributed by atoms with van der Waals surface area (Å²) < 4.78 is 19.6. The largest absolute Gasteiger partial charge is 0.488 e. The van der Waals surface area contributed by atoms with Gasteiger partial charge in [0.05, 0.1) is 11.3 Å². The number of anilines is 1. The number of carboxylic acid groups (broad SMARTS) is 1. The molecular weight excluding hydrogens is 469 g/mol. The Kier molecular flexibility index (Phi) is 7.05. The van der Waals surface area contributed by atoms with Crippen LogP contribution < -0.4 is 15.4 Å². The number of urea groups is 1. The van der Waals surface area contributed by atoms with Crippen molar-refractivity contribution in [2.45, 2.75) is 6.61 Å². The first-order valence-electron chi connectivity index (χ1n) is 10.7. The molecule has 0 spiro atoms. The van der Waals surface area contributed by atoms with Crippen LogP contribution in [0.1, 0.15) is 21.5 Å². The molecule has 0 aromatic heterocycles. The van der Waals surface area contributed by atoms with Gasteiger partial charge in [-0.1, -0.05) is 42.5 Å². The van der Waals surface area contributed by atoms with E-state index >= 15 is 0 Å². The number of rotatable bonds is 8. The standard InChI is InChI=1S/C26H20FN3O6/c27-19-6-2-3-7-20(19)28-23(31)14-30-24(32)21(29-26(30)35)13-18-5-1-4-8-22(18)36-15-16-9-11-17(12-10-16)25(33)34/h1-13H,14-15H2,(H,28,31)(H,29,35)(H,33,34). The summed E-state index contributed by atoms with van der Waals surface area (Å²) in [6.07, 6.45) is 1.43. The highest BCUT2D eigenvalue weighted by Gasteiger charge is 2.35. The fourth-order valence-corrected chi connectivity index (χ4v) is 3.40. The number of benzene rings is 3. The third-order valence-corrected chi connectivity index (χ3v) is 5.23. The Morgan fingerprint density at radius 2 is 1.69 bits per heavy atom. The van der Waals surface area contributed by atoms with E-state index in [2.05, 4.69) is 10.6 Å². The molecule has 0 radical (unpaired) electrons. The van der Waals surface area contributed by atoms with E-state index in [9.17, 15) is 23.6 Å². The lowest BCUT2D eigenvalue weighted by Crippen LogP contribution is -2.38. The van der Waals surface area contributed by atoms with Crippen molar-refractivity contribution in [1.29, 1.82) is 0 Å². The highest BCUT2D eigenvalue weighted by atomic mass is 19.1. The van der Waals surface area contributed by atoms with Crippen LogP contribution in [0.5, 0.6) is 5.75 Å². The molecule has 182 valence electrons. The summed E-state index contributed by atoms with van der Waals surface area (Å²) in [5.41, 5.74) is 1.28. The van der Waals surface area contributed by atoms with E-state index in [0.29, 0.717) is 11.3 Å².